The minimum Gasteiger partial charge on any atom is -0.444 e. The van der Waals surface area contributed by atoms with E-state index in [0.717, 1.165) is 11.3 Å². The van der Waals surface area contributed by atoms with E-state index in [1.54, 1.807) is 7.05 Å². The smallest absolute Gasteiger partial charge is 0.408 e. The molecule has 0 aliphatic rings. The van der Waals surface area contributed by atoms with E-state index < -0.39 is 11.7 Å². The Kier molecular flexibility index (Phi) is 5.96. The average molecular weight is 309 g/mol. The Hall–Kier alpha value is -1.82. The molecule has 1 aromatic carbocycles. The largest absolute Gasteiger partial charge is 0.444 e. The van der Waals surface area contributed by atoms with Crippen molar-refractivity contribution >= 4 is 29.1 Å². The van der Waals surface area contributed by atoms with E-state index in [2.05, 4.69) is 16.0 Å². The van der Waals surface area contributed by atoms with E-state index in [-0.39, 0.29) is 6.04 Å². The predicted octanol–water partition coefficient (Wildman–Crippen LogP) is 3.19. The third-order valence-electron chi connectivity index (χ3n) is 2.64. The molecule has 1 atom stereocenters. The molecule has 0 spiro atoms. The Bertz CT molecular complexity index is 512. The lowest BCUT2D eigenvalue weighted by molar-refractivity contribution is 0.0508. The van der Waals surface area contributed by atoms with Crippen molar-refractivity contribution in [2.75, 3.05) is 12.4 Å². The number of carbonyl (C=O) groups excluding carboxylic acids is 1. The number of thiocarbonyl (C=S) groups is 1. The fraction of sp³-hybridized carbons (Fsp3) is 0.467. The lowest BCUT2D eigenvalue weighted by Crippen LogP contribution is -2.34. The highest BCUT2D eigenvalue weighted by Crippen LogP contribution is 2.23. The highest BCUT2D eigenvalue weighted by Gasteiger charge is 2.19. The van der Waals surface area contributed by atoms with Crippen molar-refractivity contribution in [2.45, 2.75) is 39.3 Å². The van der Waals surface area contributed by atoms with Gasteiger partial charge in [0.15, 0.2) is 5.11 Å². The van der Waals surface area contributed by atoms with Crippen LogP contribution in [0.2, 0.25) is 0 Å². The molecule has 116 valence electrons. The van der Waals surface area contributed by atoms with Gasteiger partial charge in [0, 0.05) is 12.7 Å². The molecule has 0 fully saturated rings. The monoisotopic (exact) mass is 309 g/mol. The molecule has 1 amide bonds. The Morgan fingerprint density at radius 2 is 1.90 bits per heavy atom. The number of nitrogens with one attached hydrogen (secondary N) is 3. The number of alkyl carbamates (subject to hydrolysis) is 1. The van der Waals surface area contributed by atoms with Crippen LogP contribution in [0.25, 0.3) is 0 Å². The van der Waals surface area contributed by atoms with Gasteiger partial charge >= 0.3 is 6.09 Å². The van der Waals surface area contributed by atoms with Gasteiger partial charge in [-0.1, -0.05) is 18.2 Å². The van der Waals surface area contributed by atoms with Gasteiger partial charge in [-0.15, -0.1) is 0 Å². The van der Waals surface area contributed by atoms with Crippen LogP contribution in [0, 0.1) is 0 Å². The molecule has 6 heteroatoms. The molecular weight excluding hydrogens is 286 g/mol. The first-order valence-electron chi connectivity index (χ1n) is 6.80. The molecule has 1 aromatic rings. The van der Waals surface area contributed by atoms with E-state index in [0.29, 0.717) is 5.11 Å². The molecule has 0 saturated heterocycles. The van der Waals surface area contributed by atoms with E-state index in [1.165, 1.54) is 0 Å². The summed E-state index contributed by atoms with van der Waals surface area (Å²) in [6, 6.07) is 7.46. The minimum atomic E-state index is -0.519. The maximum Gasteiger partial charge on any atom is 0.408 e. The van der Waals surface area contributed by atoms with Gasteiger partial charge < -0.3 is 20.7 Å². The molecule has 0 saturated carbocycles. The highest BCUT2D eigenvalue weighted by atomic mass is 32.1. The molecule has 0 bridgehead atoms. The maximum atomic E-state index is 11.8. The van der Waals surface area contributed by atoms with Crippen LogP contribution in [0.3, 0.4) is 0 Å². The number of amides is 1. The number of carbonyl (C=O) groups is 1. The van der Waals surface area contributed by atoms with Gasteiger partial charge in [-0.05, 0) is 51.5 Å². The van der Waals surface area contributed by atoms with Crippen LogP contribution in [-0.4, -0.2) is 23.9 Å². The Morgan fingerprint density at radius 1 is 1.29 bits per heavy atom. The second kappa shape index (κ2) is 7.26. The summed E-state index contributed by atoms with van der Waals surface area (Å²) in [6.07, 6.45) is -0.444. The van der Waals surface area contributed by atoms with Crippen molar-refractivity contribution in [3.8, 4) is 0 Å². The predicted molar refractivity (Wildman–Crippen MR) is 89.5 cm³/mol. The lowest BCUT2D eigenvalue weighted by atomic mass is 10.1. The Labute approximate surface area is 131 Å². The van der Waals surface area contributed by atoms with Crippen LogP contribution in [0.1, 0.15) is 39.3 Å². The molecule has 1 rings (SSSR count). The summed E-state index contributed by atoms with van der Waals surface area (Å²) in [6.45, 7) is 7.39. The number of rotatable bonds is 3. The van der Waals surface area contributed by atoms with E-state index in [9.17, 15) is 4.79 Å². The summed E-state index contributed by atoms with van der Waals surface area (Å²) < 4.78 is 5.26. The first-order valence-corrected chi connectivity index (χ1v) is 7.21. The van der Waals surface area contributed by atoms with Crippen molar-refractivity contribution in [1.29, 1.82) is 0 Å². The topological polar surface area (TPSA) is 62.4 Å². The first kappa shape index (κ1) is 17.2. The van der Waals surface area contributed by atoms with Crippen molar-refractivity contribution in [2.24, 2.45) is 0 Å². The van der Waals surface area contributed by atoms with Crippen molar-refractivity contribution in [3.63, 3.8) is 0 Å². The summed E-state index contributed by atoms with van der Waals surface area (Å²) in [7, 11) is 1.75. The third kappa shape index (κ3) is 5.99. The summed E-state index contributed by atoms with van der Waals surface area (Å²) >= 11 is 5.11. The van der Waals surface area contributed by atoms with Crippen LogP contribution >= 0.6 is 12.2 Å². The molecule has 3 N–H and O–H groups in total. The van der Waals surface area contributed by atoms with Gasteiger partial charge in [-0.25, -0.2) is 4.79 Å². The summed E-state index contributed by atoms with van der Waals surface area (Å²) in [4.78, 5) is 11.8. The number of para-hydroxylation sites is 1. The van der Waals surface area contributed by atoms with Crippen molar-refractivity contribution < 1.29 is 9.53 Å². The Morgan fingerprint density at radius 3 is 2.48 bits per heavy atom. The molecule has 0 aliphatic carbocycles. The lowest BCUT2D eigenvalue weighted by Gasteiger charge is -2.23. The molecule has 0 heterocycles. The van der Waals surface area contributed by atoms with E-state index in [1.807, 2.05) is 52.0 Å². The second-order valence-electron chi connectivity index (χ2n) is 5.66. The van der Waals surface area contributed by atoms with Gasteiger partial charge in [-0.2, -0.15) is 0 Å². The number of anilines is 1. The number of benzene rings is 1. The Balaban J connectivity index is 2.80. The molecule has 0 aromatic heterocycles. The number of hydrogen-bond acceptors (Lipinski definition) is 3. The van der Waals surface area contributed by atoms with E-state index in [4.69, 9.17) is 17.0 Å². The van der Waals surface area contributed by atoms with Gasteiger partial charge in [0.25, 0.3) is 0 Å². The van der Waals surface area contributed by atoms with Crippen LogP contribution < -0.4 is 16.0 Å². The maximum absolute atomic E-state index is 11.8. The van der Waals surface area contributed by atoms with Crippen molar-refractivity contribution in [1.82, 2.24) is 10.6 Å². The van der Waals surface area contributed by atoms with Gasteiger partial charge in [-0.3, -0.25) is 0 Å². The summed E-state index contributed by atoms with van der Waals surface area (Å²) in [5, 5.41) is 9.29. The fourth-order valence-corrected chi connectivity index (χ4v) is 1.85. The summed E-state index contributed by atoms with van der Waals surface area (Å²) in [5.41, 5.74) is 1.26. The zero-order valence-electron chi connectivity index (χ0n) is 13.1. The van der Waals surface area contributed by atoms with Crippen LogP contribution in [0.5, 0.6) is 0 Å². The quantitative estimate of drug-likeness (QED) is 0.749. The zero-order chi connectivity index (χ0) is 16.0. The molecule has 0 radical (unpaired) electrons. The second-order valence-corrected chi connectivity index (χ2v) is 6.07. The minimum absolute atomic E-state index is 0.205. The molecule has 21 heavy (non-hydrogen) atoms. The first-order chi connectivity index (χ1) is 9.73. The number of ether oxygens (including phenoxy) is 1. The highest BCUT2D eigenvalue weighted by molar-refractivity contribution is 7.80. The normalized spacial score (nSPS) is 12.2. The SMILES string of the molecule is CNC(=S)Nc1ccccc1C(C)NC(=O)OC(C)(C)C. The molecule has 0 aliphatic heterocycles. The van der Waals surface area contributed by atoms with Crippen LogP contribution in [0.4, 0.5) is 10.5 Å². The molecule has 5 nitrogen and oxygen atoms in total. The van der Waals surface area contributed by atoms with E-state index >= 15 is 0 Å². The molecular formula is C15H23N3O2S. The van der Waals surface area contributed by atoms with Gasteiger partial charge in [0.05, 0.1) is 6.04 Å². The summed E-state index contributed by atoms with van der Waals surface area (Å²) in [5.74, 6) is 0. The van der Waals surface area contributed by atoms with Crippen molar-refractivity contribution in [3.05, 3.63) is 29.8 Å². The average Bonchev–Trinajstić information content (AvgIpc) is 2.36. The van der Waals surface area contributed by atoms with Gasteiger partial charge in [0.1, 0.15) is 5.60 Å². The van der Waals surface area contributed by atoms with Gasteiger partial charge in [0.2, 0.25) is 0 Å². The van der Waals surface area contributed by atoms with Crippen LogP contribution in [-0.2, 0) is 4.74 Å². The fourth-order valence-electron chi connectivity index (χ4n) is 1.74. The molecule has 1 unspecified atom stereocenters. The standard InChI is InChI=1S/C15H23N3O2S/c1-10(17-14(19)20-15(2,3)4)11-8-6-7-9-12(11)18-13(21)16-5/h6-10H,1-5H3,(H,17,19)(H2,16,18,21). The third-order valence-corrected chi connectivity index (χ3v) is 2.94. The number of hydrogen-bond donors (Lipinski definition) is 3. The zero-order valence-corrected chi connectivity index (χ0v) is 13.9. The van der Waals surface area contributed by atoms with Crippen LogP contribution in [0.15, 0.2) is 24.3 Å².